The van der Waals surface area contributed by atoms with Crippen molar-refractivity contribution < 1.29 is 14.3 Å². The van der Waals surface area contributed by atoms with Gasteiger partial charge in [-0.15, -0.1) is 0 Å². The smallest absolute Gasteiger partial charge is 0.273 e. The highest BCUT2D eigenvalue weighted by Crippen LogP contribution is 2.17. The molecule has 0 saturated carbocycles. The summed E-state index contributed by atoms with van der Waals surface area (Å²) < 4.78 is 5.47. The molecule has 1 aromatic carbocycles. The summed E-state index contributed by atoms with van der Waals surface area (Å²) in [6.07, 6.45) is 15.7. The number of para-hydroxylation sites is 1. The van der Waals surface area contributed by atoms with Crippen LogP contribution in [0.2, 0.25) is 0 Å². The summed E-state index contributed by atoms with van der Waals surface area (Å²) in [5.74, 6) is -0.0970. The van der Waals surface area contributed by atoms with E-state index >= 15 is 0 Å². The highest BCUT2D eigenvalue weighted by atomic mass is 16.5. The topological polar surface area (TPSA) is 67.4 Å². The van der Waals surface area contributed by atoms with Crippen LogP contribution in [0.25, 0.3) is 0 Å². The molecular weight excluding hydrogens is 364 g/mol. The number of benzene rings is 1. The minimum absolute atomic E-state index is 0.168. The van der Waals surface area contributed by atoms with Crippen molar-refractivity contribution in [2.24, 2.45) is 0 Å². The number of hydrogen-bond acceptors (Lipinski definition) is 3. The fourth-order valence-electron chi connectivity index (χ4n) is 3.13. The number of carbonyl (C=O) groups excluding carboxylic acids is 2. The lowest BCUT2D eigenvalue weighted by Crippen LogP contribution is -2.41. The third-order valence-electron chi connectivity index (χ3n) is 4.81. The van der Waals surface area contributed by atoms with Gasteiger partial charge in [0.1, 0.15) is 12.4 Å². The van der Waals surface area contributed by atoms with Crippen LogP contribution in [0.5, 0.6) is 5.75 Å². The van der Waals surface area contributed by atoms with Crippen molar-refractivity contribution in [1.82, 2.24) is 10.9 Å². The quantitative estimate of drug-likeness (QED) is 0.211. The molecular formula is C24H38N2O3. The van der Waals surface area contributed by atoms with Crippen molar-refractivity contribution in [3.05, 3.63) is 42.5 Å². The zero-order valence-corrected chi connectivity index (χ0v) is 18.0. The SMILES string of the molecule is C=CCOc1ccccc1C(=O)NNC(=O)CCCCCCCCCCCCC. The number of ether oxygens (including phenoxy) is 1. The normalized spacial score (nSPS) is 10.4. The molecule has 0 spiro atoms. The first-order valence-corrected chi connectivity index (χ1v) is 11.1. The molecule has 0 unspecified atom stereocenters. The molecule has 1 aromatic rings. The van der Waals surface area contributed by atoms with Crippen molar-refractivity contribution in [2.75, 3.05) is 6.61 Å². The van der Waals surface area contributed by atoms with E-state index in [2.05, 4.69) is 24.4 Å². The predicted molar refractivity (Wildman–Crippen MR) is 119 cm³/mol. The maximum absolute atomic E-state index is 12.3. The Morgan fingerprint density at radius 1 is 0.897 bits per heavy atom. The van der Waals surface area contributed by atoms with Crippen LogP contribution in [0.15, 0.2) is 36.9 Å². The van der Waals surface area contributed by atoms with Gasteiger partial charge in [0.15, 0.2) is 0 Å². The Balaban J connectivity index is 2.09. The fraction of sp³-hybridized carbons (Fsp3) is 0.583. The first kappa shape index (κ1) is 24.7. The minimum atomic E-state index is -0.392. The van der Waals surface area contributed by atoms with E-state index in [-0.39, 0.29) is 5.91 Å². The van der Waals surface area contributed by atoms with Crippen LogP contribution >= 0.6 is 0 Å². The number of nitrogens with one attached hydrogen (secondary N) is 2. The average molecular weight is 403 g/mol. The molecule has 0 radical (unpaired) electrons. The third-order valence-corrected chi connectivity index (χ3v) is 4.81. The highest BCUT2D eigenvalue weighted by Gasteiger charge is 2.12. The van der Waals surface area contributed by atoms with Gasteiger partial charge < -0.3 is 4.74 Å². The lowest BCUT2D eigenvalue weighted by molar-refractivity contribution is -0.122. The standard InChI is InChI=1S/C24H38N2O3/c1-3-5-6-7-8-9-10-11-12-13-14-19-23(27)25-26-24(28)21-17-15-16-18-22(21)29-20-4-2/h4,15-18H,2-3,5-14,19-20H2,1H3,(H,25,27)(H,26,28). The number of amides is 2. The molecule has 0 atom stereocenters. The average Bonchev–Trinajstić information content (AvgIpc) is 2.74. The van der Waals surface area contributed by atoms with Gasteiger partial charge >= 0.3 is 0 Å². The summed E-state index contributed by atoms with van der Waals surface area (Å²) >= 11 is 0. The number of hydrogen-bond donors (Lipinski definition) is 2. The molecule has 1 rings (SSSR count). The Kier molecular flexibility index (Phi) is 14.2. The Hall–Kier alpha value is -2.30. The summed E-state index contributed by atoms with van der Waals surface area (Å²) in [6.45, 7) is 6.16. The summed E-state index contributed by atoms with van der Waals surface area (Å²) in [4.78, 5) is 24.2. The van der Waals surface area contributed by atoms with Crippen LogP contribution in [0.1, 0.15) is 94.3 Å². The Morgan fingerprint density at radius 2 is 1.48 bits per heavy atom. The molecule has 2 amide bonds. The van der Waals surface area contributed by atoms with Crippen LogP contribution in [-0.2, 0) is 4.79 Å². The van der Waals surface area contributed by atoms with Crippen molar-refractivity contribution >= 4 is 11.8 Å². The summed E-state index contributed by atoms with van der Waals surface area (Å²) in [5.41, 5.74) is 5.33. The van der Waals surface area contributed by atoms with E-state index in [1.807, 2.05) is 0 Å². The van der Waals surface area contributed by atoms with E-state index in [0.717, 1.165) is 12.8 Å². The molecule has 0 aliphatic rings. The van der Waals surface area contributed by atoms with Crippen molar-refractivity contribution in [1.29, 1.82) is 0 Å². The van der Waals surface area contributed by atoms with Crippen LogP contribution in [0.3, 0.4) is 0 Å². The molecule has 0 aliphatic heterocycles. The molecule has 2 N–H and O–H groups in total. The lowest BCUT2D eigenvalue weighted by Gasteiger charge is -2.11. The van der Waals surface area contributed by atoms with E-state index in [4.69, 9.17) is 4.74 Å². The van der Waals surface area contributed by atoms with Gasteiger partial charge in [0, 0.05) is 6.42 Å². The minimum Gasteiger partial charge on any atom is -0.489 e. The molecule has 0 saturated heterocycles. The summed E-state index contributed by atoms with van der Waals surface area (Å²) in [6, 6.07) is 6.91. The monoisotopic (exact) mass is 402 g/mol. The molecule has 0 aliphatic carbocycles. The molecule has 0 aromatic heterocycles. The zero-order chi connectivity index (χ0) is 21.2. The van der Waals surface area contributed by atoms with Gasteiger partial charge in [0.05, 0.1) is 5.56 Å². The first-order valence-electron chi connectivity index (χ1n) is 11.1. The summed E-state index contributed by atoms with van der Waals surface area (Å²) in [5, 5.41) is 0. The molecule has 5 heteroatoms. The van der Waals surface area contributed by atoms with Gasteiger partial charge in [-0.25, -0.2) is 0 Å². The van der Waals surface area contributed by atoms with E-state index in [1.54, 1.807) is 30.3 Å². The number of rotatable bonds is 16. The first-order chi connectivity index (χ1) is 14.2. The van der Waals surface area contributed by atoms with Gasteiger partial charge in [-0.1, -0.05) is 95.9 Å². The van der Waals surface area contributed by atoms with E-state index < -0.39 is 5.91 Å². The van der Waals surface area contributed by atoms with E-state index in [9.17, 15) is 9.59 Å². The Bertz CT molecular complexity index is 602. The molecule has 29 heavy (non-hydrogen) atoms. The van der Waals surface area contributed by atoms with Crippen LogP contribution in [0, 0.1) is 0 Å². The van der Waals surface area contributed by atoms with Gasteiger partial charge in [-0.05, 0) is 18.6 Å². The number of carbonyl (C=O) groups is 2. The van der Waals surface area contributed by atoms with Crippen molar-refractivity contribution in [2.45, 2.75) is 84.0 Å². The summed E-state index contributed by atoms with van der Waals surface area (Å²) in [7, 11) is 0. The second-order valence-corrected chi connectivity index (χ2v) is 7.38. The van der Waals surface area contributed by atoms with E-state index in [0.29, 0.717) is 24.3 Å². The van der Waals surface area contributed by atoms with E-state index in [1.165, 1.54) is 57.8 Å². The van der Waals surface area contributed by atoms with Gasteiger partial charge in [-0.3, -0.25) is 20.4 Å². The number of unbranched alkanes of at least 4 members (excludes halogenated alkanes) is 10. The van der Waals surface area contributed by atoms with Crippen molar-refractivity contribution in [3.63, 3.8) is 0 Å². The van der Waals surface area contributed by atoms with Crippen LogP contribution < -0.4 is 15.6 Å². The van der Waals surface area contributed by atoms with Gasteiger partial charge in [-0.2, -0.15) is 0 Å². The fourth-order valence-corrected chi connectivity index (χ4v) is 3.13. The molecule has 0 bridgehead atoms. The van der Waals surface area contributed by atoms with Gasteiger partial charge in [0.25, 0.3) is 5.91 Å². The predicted octanol–water partition coefficient (Wildman–Crippen LogP) is 5.71. The second kappa shape index (κ2) is 16.6. The highest BCUT2D eigenvalue weighted by molar-refractivity contribution is 5.97. The largest absolute Gasteiger partial charge is 0.489 e. The zero-order valence-electron chi connectivity index (χ0n) is 18.0. The van der Waals surface area contributed by atoms with Gasteiger partial charge in [0.2, 0.25) is 5.91 Å². The number of hydrazine groups is 1. The molecule has 5 nitrogen and oxygen atoms in total. The maximum Gasteiger partial charge on any atom is 0.273 e. The molecule has 0 fully saturated rings. The van der Waals surface area contributed by atoms with Crippen LogP contribution in [-0.4, -0.2) is 18.4 Å². The third kappa shape index (κ3) is 12.0. The van der Waals surface area contributed by atoms with Crippen LogP contribution in [0.4, 0.5) is 0 Å². The Morgan fingerprint density at radius 3 is 2.10 bits per heavy atom. The maximum atomic E-state index is 12.3. The lowest BCUT2D eigenvalue weighted by atomic mass is 10.1. The molecule has 0 heterocycles. The Labute approximate surface area is 176 Å². The second-order valence-electron chi connectivity index (χ2n) is 7.38. The molecule has 162 valence electrons. The van der Waals surface area contributed by atoms with Crippen molar-refractivity contribution in [3.8, 4) is 5.75 Å².